The molecule has 0 radical (unpaired) electrons. The number of likely N-dealkylation sites (N-methyl/N-ethyl adjacent to an activating group) is 1. The standard InChI is InChI=1S/C60H101N3O16/c1-16-44-59(12,72)49(67)36(6)63(25-17-24-61-54(70)60(73)23-21-41-40-19-18-38-27-39(64)20-22-55(38,8)46(40)43(65)29-56(41,60)9)31-32(2)28-57(10,71)51(79-53-47(66)42(62(13)14)26-33(3)75-53)34(4)48(35(5)52(69)77-44)78-45-30-58(11,74-15)50(68)37(7)76-45/h18,32-37,40-42,44-51,53,66-68,71-73H,16-17,19-31H2,1-15H3,(H,61,70)/t32-,33-,34+,35?,36-,37?,40?,41?,42-,44-,45-,46?,47-,48+,49-,50-,51-,53+,55+,56+,57-,58+,59-,60+/m1/s1. The Bertz CT molecular complexity index is 2210. The van der Waals surface area contributed by atoms with Gasteiger partial charge in [0.1, 0.15) is 47.2 Å². The summed E-state index contributed by atoms with van der Waals surface area (Å²) in [7, 11) is 5.23. The highest BCUT2D eigenvalue weighted by Crippen LogP contribution is 2.66. The van der Waals surface area contributed by atoms with E-state index in [-0.39, 0.29) is 99.1 Å². The topological polar surface area (TPSA) is 264 Å². The summed E-state index contributed by atoms with van der Waals surface area (Å²) in [6.45, 7) is 22.1. The summed E-state index contributed by atoms with van der Waals surface area (Å²) in [6.07, 6.45) is -4.05. The first-order valence-electron chi connectivity index (χ1n) is 29.7. The molecule has 6 fully saturated rings. The van der Waals surface area contributed by atoms with E-state index in [4.69, 9.17) is 28.4 Å². The van der Waals surface area contributed by atoms with Gasteiger partial charge in [-0.25, -0.2) is 0 Å². The molecular weight excluding hydrogens is 1020 g/mol. The molecule has 1 amide bonds. The number of allylic oxidation sites excluding steroid dienone is 2. The molecule has 7 rings (SSSR count). The summed E-state index contributed by atoms with van der Waals surface area (Å²) in [6, 6.07) is -1.12. The second kappa shape index (κ2) is 24.2. The molecular formula is C60H101N3O16. The fourth-order valence-electron chi connectivity index (χ4n) is 16.2. The molecule has 3 heterocycles. The van der Waals surface area contributed by atoms with Crippen LogP contribution in [0.2, 0.25) is 0 Å². The first-order valence-corrected chi connectivity index (χ1v) is 29.7. The number of methoxy groups -OCH3 is 1. The number of hydrogen-bond donors (Lipinski definition) is 7. The van der Waals surface area contributed by atoms with Crippen molar-refractivity contribution in [2.45, 2.75) is 256 Å². The lowest BCUT2D eigenvalue weighted by atomic mass is 9.46. The zero-order valence-corrected chi connectivity index (χ0v) is 50.2. The van der Waals surface area contributed by atoms with Gasteiger partial charge in [0.05, 0.1) is 41.5 Å². The summed E-state index contributed by atoms with van der Waals surface area (Å²) in [5.74, 6) is -3.69. The van der Waals surface area contributed by atoms with Gasteiger partial charge in [-0.1, -0.05) is 46.3 Å². The number of esters is 1. The number of ketones is 2. The van der Waals surface area contributed by atoms with Crippen molar-refractivity contribution in [3.8, 4) is 0 Å². The maximum atomic E-state index is 14.7. The first-order chi connectivity index (χ1) is 36.7. The van der Waals surface area contributed by atoms with Gasteiger partial charge in [0.15, 0.2) is 12.6 Å². The number of amides is 1. The van der Waals surface area contributed by atoms with Crippen LogP contribution in [0.25, 0.3) is 0 Å². The van der Waals surface area contributed by atoms with Crippen LogP contribution in [-0.4, -0.2) is 201 Å². The molecule has 3 saturated carbocycles. The van der Waals surface area contributed by atoms with Crippen molar-refractivity contribution in [1.29, 1.82) is 0 Å². The Morgan fingerprint density at radius 3 is 2.25 bits per heavy atom. The Morgan fingerprint density at radius 1 is 0.924 bits per heavy atom. The van der Waals surface area contributed by atoms with E-state index in [1.165, 1.54) is 14.0 Å². The van der Waals surface area contributed by atoms with Crippen molar-refractivity contribution in [2.24, 2.45) is 46.3 Å². The zero-order valence-electron chi connectivity index (χ0n) is 50.2. The number of carbonyl (C=O) groups is 4. The number of Topliss-reactive ketones (excluding diaryl/α,β-unsaturated/α-hetero) is 2. The molecule has 3 saturated heterocycles. The number of rotatable bonds is 12. The van der Waals surface area contributed by atoms with Crippen LogP contribution in [0.1, 0.15) is 160 Å². The first kappa shape index (κ1) is 64.1. The van der Waals surface area contributed by atoms with Crippen molar-refractivity contribution >= 4 is 23.4 Å². The zero-order chi connectivity index (χ0) is 58.7. The van der Waals surface area contributed by atoms with Gasteiger partial charge >= 0.3 is 5.97 Å². The van der Waals surface area contributed by atoms with Gasteiger partial charge in [-0.3, -0.25) is 24.1 Å². The Morgan fingerprint density at radius 2 is 1.61 bits per heavy atom. The Hall–Kier alpha value is -2.50. The summed E-state index contributed by atoms with van der Waals surface area (Å²) in [5.41, 5.74) is -6.91. The van der Waals surface area contributed by atoms with Gasteiger partial charge < -0.3 is 69.3 Å². The average Bonchev–Trinajstić information content (AvgIpc) is 3.96. The predicted octanol–water partition coefficient (Wildman–Crippen LogP) is 4.22. The van der Waals surface area contributed by atoms with Gasteiger partial charge in [-0.15, -0.1) is 0 Å². The Balaban J connectivity index is 1.15. The minimum Gasteiger partial charge on any atom is -0.459 e. The van der Waals surface area contributed by atoms with E-state index in [9.17, 15) is 49.8 Å². The molecule has 7 aliphatic rings. The molecule has 4 aliphatic carbocycles. The van der Waals surface area contributed by atoms with Crippen molar-refractivity contribution in [3.63, 3.8) is 0 Å². The minimum absolute atomic E-state index is 0.0379. The molecule has 19 nitrogen and oxygen atoms in total. The number of nitrogens with one attached hydrogen (secondary N) is 1. The van der Waals surface area contributed by atoms with Crippen molar-refractivity contribution in [3.05, 3.63) is 11.6 Å². The molecule has 452 valence electrons. The van der Waals surface area contributed by atoms with E-state index in [0.29, 0.717) is 44.9 Å². The number of aliphatic hydroxyl groups is 6. The molecule has 19 heteroatoms. The van der Waals surface area contributed by atoms with E-state index in [0.717, 1.165) is 5.57 Å². The Labute approximate surface area is 470 Å². The lowest BCUT2D eigenvalue weighted by Gasteiger charge is -2.57. The van der Waals surface area contributed by atoms with Crippen molar-refractivity contribution in [2.75, 3.05) is 40.8 Å². The van der Waals surface area contributed by atoms with Crippen LogP contribution in [0.15, 0.2) is 11.6 Å². The molecule has 0 aromatic rings. The highest BCUT2D eigenvalue weighted by Gasteiger charge is 2.68. The van der Waals surface area contributed by atoms with Crippen molar-refractivity contribution in [1.82, 2.24) is 15.1 Å². The molecule has 0 aromatic heterocycles. The minimum atomic E-state index is -1.99. The summed E-state index contributed by atoms with van der Waals surface area (Å²) >= 11 is 0. The van der Waals surface area contributed by atoms with Crippen LogP contribution >= 0.6 is 0 Å². The van der Waals surface area contributed by atoms with Crippen LogP contribution in [0.3, 0.4) is 0 Å². The molecule has 0 aromatic carbocycles. The number of hydrogen-bond acceptors (Lipinski definition) is 18. The highest BCUT2D eigenvalue weighted by molar-refractivity contribution is 5.91. The largest absolute Gasteiger partial charge is 0.459 e. The molecule has 5 unspecified atom stereocenters. The second-order valence-corrected chi connectivity index (χ2v) is 27.1. The number of fused-ring (bicyclic) bond motifs is 5. The molecule has 0 spiro atoms. The van der Waals surface area contributed by atoms with Crippen molar-refractivity contribution < 1.29 is 78.2 Å². The van der Waals surface area contributed by atoms with Gasteiger partial charge in [0, 0.05) is 81.8 Å². The molecule has 0 bridgehead atoms. The van der Waals surface area contributed by atoms with Gasteiger partial charge in [-0.2, -0.15) is 0 Å². The quantitative estimate of drug-likeness (QED) is 0.0820. The van der Waals surface area contributed by atoms with Crippen LogP contribution in [-0.2, 0) is 47.6 Å². The van der Waals surface area contributed by atoms with E-state index in [1.54, 1.807) is 48.5 Å². The Kier molecular flexibility index (Phi) is 19.7. The van der Waals surface area contributed by atoms with E-state index in [2.05, 4.69) is 18.3 Å². The maximum absolute atomic E-state index is 14.7. The summed E-state index contributed by atoms with van der Waals surface area (Å²) in [5, 5.41) is 76.2. The number of ether oxygens (including phenoxy) is 6. The van der Waals surface area contributed by atoms with E-state index < -0.39 is 118 Å². The number of carbonyl (C=O) groups excluding carboxylic acids is 4. The monoisotopic (exact) mass is 1120 g/mol. The van der Waals surface area contributed by atoms with Gasteiger partial charge in [-0.05, 0) is 137 Å². The summed E-state index contributed by atoms with van der Waals surface area (Å²) in [4.78, 5) is 59.8. The fourth-order valence-corrected chi connectivity index (χ4v) is 16.2. The fraction of sp³-hybridized carbons (Fsp3) is 0.900. The van der Waals surface area contributed by atoms with Crippen LogP contribution in [0.5, 0.6) is 0 Å². The van der Waals surface area contributed by atoms with E-state index in [1.807, 2.05) is 44.7 Å². The van der Waals surface area contributed by atoms with Gasteiger partial charge in [0.2, 0.25) is 0 Å². The normalized spacial score (nSPS) is 48.7. The maximum Gasteiger partial charge on any atom is 0.311 e. The van der Waals surface area contributed by atoms with Crippen LogP contribution in [0, 0.1) is 46.3 Å². The predicted molar refractivity (Wildman–Crippen MR) is 293 cm³/mol. The smallest absolute Gasteiger partial charge is 0.311 e. The lowest BCUT2D eigenvalue weighted by Crippen LogP contribution is -2.62. The lowest BCUT2D eigenvalue weighted by molar-refractivity contribution is -0.318. The molecule has 7 N–H and O–H groups in total. The molecule has 3 aliphatic heterocycles. The number of nitrogens with zero attached hydrogens (tertiary/aromatic N) is 2. The van der Waals surface area contributed by atoms with E-state index >= 15 is 0 Å². The number of cyclic esters (lactones) is 1. The summed E-state index contributed by atoms with van der Waals surface area (Å²) < 4.78 is 38.3. The average molecular weight is 1120 g/mol. The number of aliphatic hydroxyl groups excluding tert-OH is 3. The second-order valence-electron chi connectivity index (χ2n) is 27.1. The third-order valence-corrected chi connectivity index (χ3v) is 21.1. The third kappa shape index (κ3) is 12.2. The van der Waals surface area contributed by atoms with Gasteiger partial charge in [0.25, 0.3) is 5.91 Å². The molecule has 79 heavy (non-hydrogen) atoms. The highest BCUT2D eigenvalue weighted by atomic mass is 16.7. The third-order valence-electron chi connectivity index (χ3n) is 21.1. The SMILES string of the molecule is CC[C@H]1OC(=O)C(C)[C@@H](O[C@@H]2C[C@](C)(OC)[C@H](O)C(C)O2)[C@H](C)[C@@H](O[C@@H]2O[C@H](C)C[C@@H](N(C)C)[C@H]2O)[C@](C)(O)C[C@@H](C)CN(CCCNC(=O)[C@@]2(O)CCC3C4CC=C5CC(=O)CC[C@]5(C)C4C(=O)C[C@@]32C)[C@H](C)[C@@H](O)[C@]1(C)O. The molecule has 24 atom stereocenters. The van der Waals surface area contributed by atoms with Crippen LogP contribution in [0.4, 0.5) is 0 Å². The van der Waals surface area contributed by atoms with Crippen LogP contribution < -0.4 is 5.32 Å².